The van der Waals surface area contributed by atoms with E-state index in [0.717, 1.165) is 12.8 Å². The third kappa shape index (κ3) is 4.54. The SMILES string of the molecule is CCC(CC)NC(=O)C=Cc1ccccc1[N+](=O)[O-]. The van der Waals surface area contributed by atoms with Crippen LogP contribution < -0.4 is 5.32 Å². The zero-order chi connectivity index (χ0) is 14.3. The Bertz CT molecular complexity index is 479. The minimum Gasteiger partial charge on any atom is -0.350 e. The Labute approximate surface area is 112 Å². The summed E-state index contributed by atoms with van der Waals surface area (Å²) in [7, 11) is 0. The molecule has 0 unspecified atom stereocenters. The fourth-order valence-corrected chi connectivity index (χ4v) is 1.70. The minimum atomic E-state index is -0.460. The van der Waals surface area contributed by atoms with Crippen LogP contribution in [0.5, 0.6) is 0 Å². The number of hydrogen-bond acceptors (Lipinski definition) is 3. The van der Waals surface area contributed by atoms with Crippen LogP contribution in [0.15, 0.2) is 30.3 Å². The molecule has 5 nitrogen and oxygen atoms in total. The normalized spacial score (nSPS) is 10.9. The fourth-order valence-electron chi connectivity index (χ4n) is 1.70. The van der Waals surface area contributed by atoms with Crippen molar-refractivity contribution < 1.29 is 9.72 Å². The zero-order valence-electron chi connectivity index (χ0n) is 11.1. The average Bonchev–Trinajstić information content (AvgIpc) is 2.42. The third-order valence-corrected chi connectivity index (χ3v) is 2.88. The van der Waals surface area contributed by atoms with Crippen molar-refractivity contribution in [3.63, 3.8) is 0 Å². The molecule has 0 aromatic heterocycles. The van der Waals surface area contributed by atoms with Crippen LogP contribution in [0.4, 0.5) is 5.69 Å². The maximum absolute atomic E-state index is 11.7. The second-order valence-corrected chi connectivity index (χ2v) is 4.17. The second kappa shape index (κ2) is 7.31. The fraction of sp³-hybridized carbons (Fsp3) is 0.357. The Balaban J connectivity index is 2.76. The number of nitrogens with one attached hydrogen (secondary N) is 1. The summed E-state index contributed by atoms with van der Waals surface area (Å²) in [5, 5.41) is 13.6. The predicted molar refractivity (Wildman–Crippen MR) is 74.6 cm³/mol. The summed E-state index contributed by atoms with van der Waals surface area (Å²) in [6.45, 7) is 4.00. The molecule has 1 rings (SSSR count). The topological polar surface area (TPSA) is 72.2 Å². The van der Waals surface area contributed by atoms with Gasteiger partial charge in [-0.1, -0.05) is 26.0 Å². The van der Waals surface area contributed by atoms with Gasteiger partial charge in [0, 0.05) is 18.2 Å². The molecule has 0 atom stereocenters. The first kappa shape index (κ1) is 14.9. The van der Waals surface area contributed by atoms with Crippen molar-refractivity contribution in [2.75, 3.05) is 0 Å². The number of nitro groups is 1. The van der Waals surface area contributed by atoms with E-state index in [1.807, 2.05) is 13.8 Å². The van der Waals surface area contributed by atoms with Gasteiger partial charge in [-0.2, -0.15) is 0 Å². The molecule has 0 radical (unpaired) electrons. The molecule has 0 saturated heterocycles. The number of rotatable bonds is 6. The van der Waals surface area contributed by atoms with Crippen LogP contribution in [0.3, 0.4) is 0 Å². The molecule has 0 saturated carbocycles. The molecule has 1 aromatic carbocycles. The lowest BCUT2D eigenvalue weighted by Crippen LogP contribution is -2.32. The van der Waals surface area contributed by atoms with E-state index in [9.17, 15) is 14.9 Å². The van der Waals surface area contributed by atoms with Gasteiger partial charge in [-0.15, -0.1) is 0 Å². The Morgan fingerprint density at radius 1 is 1.37 bits per heavy atom. The molecule has 1 N–H and O–H groups in total. The van der Waals surface area contributed by atoms with Crippen molar-refractivity contribution in [2.24, 2.45) is 0 Å². The lowest BCUT2D eigenvalue weighted by molar-refractivity contribution is -0.385. The van der Waals surface area contributed by atoms with Gasteiger partial charge >= 0.3 is 0 Å². The first-order valence-corrected chi connectivity index (χ1v) is 6.30. The Kier molecular flexibility index (Phi) is 5.73. The molecule has 1 aromatic rings. The number of amides is 1. The van der Waals surface area contributed by atoms with Gasteiger partial charge in [0.15, 0.2) is 0 Å². The highest BCUT2D eigenvalue weighted by Gasteiger charge is 2.10. The van der Waals surface area contributed by atoms with E-state index in [0.29, 0.717) is 5.56 Å². The van der Waals surface area contributed by atoms with Crippen molar-refractivity contribution >= 4 is 17.7 Å². The molecule has 0 bridgehead atoms. The third-order valence-electron chi connectivity index (χ3n) is 2.88. The minimum absolute atomic E-state index is 0.00548. The lowest BCUT2D eigenvalue weighted by atomic mass is 10.1. The molecule has 0 aliphatic heterocycles. The van der Waals surface area contributed by atoms with E-state index in [1.54, 1.807) is 18.2 Å². The molecular formula is C14H18N2O3. The first-order chi connectivity index (χ1) is 9.08. The van der Waals surface area contributed by atoms with E-state index >= 15 is 0 Å². The van der Waals surface area contributed by atoms with Gasteiger partial charge in [0.1, 0.15) is 0 Å². The molecule has 0 aliphatic rings. The first-order valence-electron chi connectivity index (χ1n) is 6.30. The van der Waals surface area contributed by atoms with Crippen molar-refractivity contribution in [3.05, 3.63) is 46.0 Å². The summed E-state index contributed by atoms with van der Waals surface area (Å²) < 4.78 is 0. The molecule has 0 spiro atoms. The Morgan fingerprint density at radius 2 is 2.00 bits per heavy atom. The lowest BCUT2D eigenvalue weighted by Gasteiger charge is -2.12. The number of carbonyl (C=O) groups is 1. The molecule has 0 fully saturated rings. The van der Waals surface area contributed by atoms with Gasteiger partial charge in [-0.25, -0.2) is 0 Å². The van der Waals surface area contributed by atoms with Crippen LogP contribution >= 0.6 is 0 Å². The molecule has 0 heterocycles. The highest BCUT2D eigenvalue weighted by molar-refractivity contribution is 5.92. The predicted octanol–water partition coefficient (Wildman–Crippen LogP) is 2.91. The molecule has 102 valence electrons. The highest BCUT2D eigenvalue weighted by Crippen LogP contribution is 2.18. The largest absolute Gasteiger partial charge is 0.350 e. The summed E-state index contributed by atoms with van der Waals surface area (Å²) in [6, 6.07) is 6.46. The van der Waals surface area contributed by atoms with E-state index in [-0.39, 0.29) is 17.6 Å². The van der Waals surface area contributed by atoms with Crippen LogP contribution in [-0.2, 0) is 4.79 Å². The van der Waals surface area contributed by atoms with Crippen molar-refractivity contribution in [3.8, 4) is 0 Å². The monoisotopic (exact) mass is 262 g/mol. The van der Waals surface area contributed by atoms with Gasteiger partial charge in [-0.3, -0.25) is 14.9 Å². The van der Waals surface area contributed by atoms with Crippen LogP contribution in [0.1, 0.15) is 32.3 Å². The van der Waals surface area contributed by atoms with Crippen LogP contribution in [-0.4, -0.2) is 16.9 Å². The number of hydrogen-bond donors (Lipinski definition) is 1. The van der Waals surface area contributed by atoms with Crippen molar-refractivity contribution in [1.82, 2.24) is 5.32 Å². The molecule has 0 aliphatic carbocycles. The molecular weight excluding hydrogens is 244 g/mol. The summed E-state index contributed by atoms with van der Waals surface area (Å²) in [6.07, 6.45) is 4.53. The van der Waals surface area contributed by atoms with Gasteiger partial charge in [-0.05, 0) is 25.0 Å². The highest BCUT2D eigenvalue weighted by atomic mass is 16.6. The van der Waals surface area contributed by atoms with Gasteiger partial charge in [0.05, 0.1) is 10.5 Å². The zero-order valence-corrected chi connectivity index (χ0v) is 11.1. The molecule has 19 heavy (non-hydrogen) atoms. The maximum Gasteiger partial charge on any atom is 0.276 e. The van der Waals surface area contributed by atoms with E-state index in [2.05, 4.69) is 5.32 Å². The van der Waals surface area contributed by atoms with Crippen LogP contribution in [0.25, 0.3) is 6.08 Å². The van der Waals surface area contributed by atoms with Crippen LogP contribution in [0.2, 0.25) is 0 Å². The standard InChI is InChI=1S/C14H18N2O3/c1-3-12(4-2)15-14(17)10-9-11-7-5-6-8-13(11)16(18)19/h5-10,12H,3-4H2,1-2H3,(H,15,17). The molecule has 5 heteroatoms. The van der Waals surface area contributed by atoms with Gasteiger partial charge in [0.25, 0.3) is 5.69 Å². The number of carbonyl (C=O) groups excluding carboxylic acids is 1. The molecule has 1 amide bonds. The van der Waals surface area contributed by atoms with Crippen molar-refractivity contribution in [1.29, 1.82) is 0 Å². The van der Waals surface area contributed by atoms with Gasteiger partial charge in [0.2, 0.25) is 5.91 Å². The summed E-state index contributed by atoms with van der Waals surface area (Å²) in [4.78, 5) is 22.0. The van der Waals surface area contributed by atoms with E-state index in [4.69, 9.17) is 0 Å². The van der Waals surface area contributed by atoms with Crippen molar-refractivity contribution in [2.45, 2.75) is 32.7 Å². The summed E-state index contributed by atoms with van der Waals surface area (Å²) in [5.74, 6) is -0.230. The van der Waals surface area contributed by atoms with E-state index < -0.39 is 4.92 Å². The van der Waals surface area contributed by atoms with E-state index in [1.165, 1.54) is 18.2 Å². The second-order valence-electron chi connectivity index (χ2n) is 4.17. The average molecular weight is 262 g/mol. The number of para-hydroxylation sites is 1. The Morgan fingerprint density at radius 3 is 2.58 bits per heavy atom. The Hall–Kier alpha value is -2.17. The maximum atomic E-state index is 11.7. The number of benzene rings is 1. The summed E-state index contributed by atoms with van der Waals surface area (Å²) in [5.41, 5.74) is 0.418. The number of nitrogens with zero attached hydrogens (tertiary/aromatic N) is 1. The quantitative estimate of drug-likeness (QED) is 0.486. The smallest absolute Gasteiger partial charge is 0.276 e. The van der Waals surface area contributed by atoms with Crippen LogP contribution in [0, 0.1) is 10.1 Å². The van der Waals surface area contributed by atoms with Gasteiger partial charge < -0.3 is 5.32 Å². The summed E-state index contributed by atoms with van der Waals surface area (Å²) >= 11 is 0. The number of nitro benzene ring substituents is 1.